The lowest BCUT2D eigenvalue weighted by Gasteiger charge is -2.18. The molecule has 0 aliphatic heterocycles. The summed E-state index contributed by atoms with van der Waals surface area (Å²) in [5.41, 5.74) is 13.8. The Kier molecular flexibility index (Phi) is 4.44. The van der Waals surface area contributed by atoms with E-state index in [-0.39, 0.29) is 17.1 Å². The highest BCUT2D eigenvalue weighted by Gasteiger charge is 2.22. The molecule has 0 amide bonds. The minimum absolute atomic E-state index is 0.0151. The lowest BCUT2D eigenvalue weighted by molar-refractivity contribution is 0.633. The van der Waals surface area contributed by atoms with Crippen molar-refractivity contribution in [3.63, 3.8) is 0 Å². The van der Waals surface area contributed by atoms with Gasteiger partial charge in [-0.1, -0.05) is 18.2 Å². The Morgan fingerprint density at radius 3 is 2.62 bits per heavy atom. The van der Waals surface area contributed by atoms with Gasteiger partial charge in [0, 0.05) is 5.69 Å². The van der Waals surface area contributed by atoms with Crippen LogP contribution in [0.15, 0.2) is 48.8 Å². The maximum Gasteiger partial charge on any atom is 0.150 e. The van der Waals surface area contributed by atoms with Crippen LogP contribution in [0.4, 0.5) is 21.7 Å². The van der Waals surface area contributed by atoms with Crippen molar-refractivity contribution in [1.29, 1.82) is 5.26 Å². The molecule has 8 nitrogen and oxygen atoms in total. The van der Waals surface area contributed by atoms with Crippen LogP contribution in [0.1, 0.15) is 24.4 Å². The minimum Gasteiger partial charge on any atom is -0.395 e. The SMILES string of the molecule is C[C@H](Nc1ncnc(N)c1C#N)c1nc2ccc(F)c(N)c2n1-c1ccccc1. The molecule has 0 radical (unpaired) electrons. The summed E-state index contributed by atoms with van der Waals surface area (Å²) in [7, 11) is 0. The molecule has 0 saturated heterocycles. The number of nitrogens with two attached hydrogens (primary N) is 2. The predicted octanol–water partition coefficient (Wildman–Crippen LogP) is 3.16. The van der Waals surface area contributed by atoms with Crippen LogP contribution in [-0.4, -0.2) is 19.5 Å². The van der Waals surface area contributed by atoms with Crippen molar-refractivity contribution < 1.29 is 4.39 Å². The van der Waals surface area contributed by atoms with Crippen molar-refractivity contribution in [3.8, 4) is 11.8 Å². The van der Waals surface area contributed by atoms with Gasteiger partial charge in [-0.25, -0.2) is 19.3 Å². The Balaban J connectivity index is 1.89. The molecule has 2 aromatic heterocycles. The molecule has 0 spiro atoms. The zero-order valence-corrected chi connectivity index (χ0v) is 15.5. The Morgan fingerprint density at radius 1 is 1.14 bits per heavy atom. The third-order valence-electron chi connectivity index (χ3n) is 4.57. The molecule has 1 atom stereocenters. The van der Waals surface area contributed by atoms with Crippen molar-refractivity contribution in [2.24, 2.45) is 0 Å². The van der Waals surface area contributed by atoms with E-state index in [1.807, 2.05) is 43.3 Å². The van der Waals surface area contributed by atoms with E-state index in [4.69, 9.17) is 11.5 Å². The molecule has 0 unspecified atom stereocenters. The zero-order valence-electron chi connectivity index (χ0n) is 15.5. The van der Waals surface area contributed by atoms with E-state index in [9.17, 15) is 9.65 Å². The number of fused-ring (bicyclic) bond motifs is 1. The van der Waals surface area contributed by atoms with Gasteiger partial charge >= 0.3 is 0 Å². The maximum atomic E-state index is 14.2. The van der Waals surface area contributed by atoms with Gasteiger partial charge in [-0.05, 0) is 31.2 Å². The van der Waals surface area contributed by atoms with Crippen LogP contribution in [0.25, 0.3) is 16.7 Å². The van der Waals surface area contributed by atoms with Crippen LogP contribution in [0.5, 0.6) is 0 Å². The third-order valence-corrected chi connectivity index (χ3v) is 4.57. The molecule has 0 saturated carbocycles. The van der Waals surface area contributed by atoms with E-state index in [0.717, 1.165) is 5.69 Å². The van der Waals surface area contributed by atoms with Crippen molar-refractivity contribution in [2.75, 3.05) is 16.8 Å². The van der Waals surface area contributed by atoms with E-state index in [1.165, 1.54) is 12.4 Å². The number of hydrogen-bond donors (Lipinski definition) is 3. The second-order valence-corrected chi connectivity index (χ2v) is 6.43. The maximum absolute atomic E-state index is 14.2. The summed E-state index contributed by atoms with van der Waals surface area (Å²) in [6.45, 7) is 1.85. The normalized spacial score (nSPS) is 11.9. The van der Waals surface area contributed by atoms with Gasteiger partial charge in [0.15, 0.2) is 0 Å². The first-order valence-corrected chi connectivity index (χ1v) is 8.80. The molecule has 2 heterocycles. The summed E-state index contributed by atoms with van der Waals surface area (Å²) < 4.78 is 16.0. The van der Waals surface area contributed by atoms with Gasteiger partial charge in [0.25, 0.3) is 0 Å². The Hall–Kier alpha value is -4.19. The fourth-order valence-electron chi connectivity index (χ4n) is 3.20. The largest absolute Gasteiger partial charge is 0.395 e. The van der Waals surface area contributed by atoms with Gasteiger partial charge in [0.1, 0.15) is 41.2 Å². The molecule has 0 bridgehead atoms. The molecule has 29 heavy (non-hydrogen) atoms. The highest BCUT2D eigenvalue weighted by atomic mass is 19.1. The van der Waals surface area contributed by atoms with E-state index < -0.39 is 11.9 Å². The Labute approximate surface area is 165 Å². The number of halogens is 1. The topological polar surface area (TPSA) is 131 Å². The highest BCUT2D eigenvalue weighted by Crippen LogP contribution is 2.32. The quantitative estimate of drug-likeness (QED) is 0.458. The van der Waals surface area contributed by atoms with Gasteiger partial charge in [-0.15, -0.1) is 0 Å². The summed E-state index contributed by atoms with van der Waals surface area (Å²) in [6.07, 6.45) is 1.28. The molecule has 144 valence electrons. The zero-order chi connectivity index (χ0) is 20.5. The van der Waals surface area contributed by atoms with Crippen LogP contribution >= 0.6 is 0 Å². The number of para-hydroxylation sites is 1. The van der Waals surface area contributed by atoms with Gasteiger partial charge in [0.2, 0.25) is 0 Å². The molecule has 9 heteroatoms. The average Bonchev–Trinajstić information content (AvgIpc) is 3.12. The number of imidazole rings is 1. The summed E-state index contributed by atoms with van der Waals surface area (Å²) in [4.78, 5) is 12.6. The molecule has 0 aliphatic carbocycles. The fraction of sp³-hybridized carbons (Fsp3) is 0.100. The summed E-state index contributed by atoms with van der Waals surface area (Å²) in [5, 5.41) is 12.5. The van der Waals surface area contributed by atoms with E-state index >= 15 is 0 Å². The smallest absolute Gasteiger partial charge is 0.150 e. The van der Waals surface area contributed by atoms with Crippen LogP contribution < -0.4 is 16.8 Å². The lowest BCUT2D eigenvalue weighted by atomic mass is 10.2. The van der Waals surface area contributed by atoms with Crippen molar-refractivity contribution in [1.82, 2.24) is 19.5 Å². The number of hydrogen-bond acceptors (Lipinski definition) is 7. The fourth-order valence-corrected chi connectivity index (χ4v) is 3.20. The summed E-state index contributed by atoms with van der Waals surface area (Å²) in [6, 6.07) is 13.9. The van der Waals surface area contributed by atoms with E-state index in [2.05, 4.69) is 20.3 Å². The third kappa shape index (κ3) is 3.06. The van der Waals surface area contributed by atoms with Gasteiger partial charge in [-0.2, -0.15) is 5.26 Å². The number of nitrogen functional groups attached to an aromatic ring is 2. The number of aromatic nitrogens is 4. The van der Waals surface area contributed by atoms with Crippen molar-refractivity contribution >= 4 is 28.4 Å². The molecule has 4 rings (SSSR count). The van der Waals surface area contributed by atoms with Crippen LogP contribution in [0, 0.1) is 17.1 Å². The van der Waals surface area contributed by atoms with Gasteiger partial charge in [-0.3, -0.25) is 4.57 Å². The number of nitrogens with zero attached hydrogens (tertiary/aromatic N) is 5. The Morgan fingerprint density at radius 2 is 1.90 bits per heavy atom. The first-order chi connectivity index (χ1) is 14.0. The number of rotatable bonds is 4. The molecular formula is C20H17FN8. The Bertz CT molecular complexity index is 1240. The molecule has 2 aromatic carbocycles. The summed E-state index contributed by atoms with van der Waals surface area (Å²) in [5.74, 6) is 0.431. The van der Waals surface area contributed by atoms with E-state index in [1.54, 1.807) is 10.6 Å². The number of benzene rings is 2. The second kappa shape index (κ2) is 7.09. The number of nitrogens with one attached hydrogen (secondary N) is 1. The first kappa shape index (κ1) is 18.2. The van der Waals surface area contributed by atoms with Crippen LogP contribution in [0.3, 0.4) is 0 Å². The molecular weight excluding hydrogens is 371 g/mol. The highest BCUT2D eigenvalue weighted by molar-refractivity contribution is 5.90. The number of anilines is 3. The predicted molar refractivity (Wildman–Crippen MR) is 109 cm³/mol. The standard InChI is InChI=1S/C20H17FN8/c1-11(27-19-13(9-22)18(24)25-10-26-19)20-28-15-8-7-14(21)16(23)17(15)29(20)12-5-3-2-4-6-12/h2-8,10-11H,23H2,1H3,(H3,24,25,26,27)/t11-/m0/s1. The molecule has 0 fully saturated rings. The number of nitriles is 1. The van der Waals surface area contributed by atoms with E-state index in [0.29, 0.717) is 22.7 Å². The molecule has 5 N–H and O–H groups in total. The average molecular weight is 388 g/mol. The second-order valence-electron chi connectivity index (χ2n) is 6.43. The minimum atomic E-state index is -0.517. The molecule has 4 aromatic rings. The monoisotopic (exact) mass is 388 g/mol. The van der Waals surface area contributed by atoms with Gasteiger partial charge in [0.05, 0.1) is 22.8 Å². The molecule has 0 aliphatic rings. The van der Waals surface area contributed by atoms with Crippen LogP contribution in [-0.2, 0) is 0 Å². The summed E-state index contributed by atoms with van der Waals surface area (Å²) >= 11 is 0. The van der Waals surface area contributed by atoms with Gasteiger partial charge < -0.3 is 16.8 Å². The van der Waals surface area contributed by atoms with Crippen LogP contribution in [0.2, 0.25) is 0 Å². The first-order valence-electron chi connectivity index (χ1n) is 8.80. The van der Waals surface area contributed by atoms with Crippen molar-refractivity contribution in [3.05, 3.63) is 66.0 Å². The lowest BCUT2D eigenvalue weighted by Crippen LogP contribution is -2.15. The van der Waals surface area contributed by atoms with Crippen molar-refractivity contribution in [2.45, 2.75) is 13.0 Å².